The maximum Gasteiger partial charge on any atom is 0.247 e. The molecule has 0 spiro atoms. The summed E-state index contributed by atoms with van der Waals surface area (Å²) in [6.45, 7) is 6.34. The molecule has 2 heterocycles. The predicted octanol–water partition coefficient (Wildman–Crippen LogP) is 3.31. The summed E-state index contributed by atoms with van der Waals surface area (Å²) in [7, 11) is 0. The molecular formula is C18H22N2O2S2. The minimum Gasteiger partial charge on any atom is -0.357 e. The Bertz CT molecular complexity index is 640. The number of nitrogens with zero attached hydrogens (tertiary/aromatic N) is 2. The van der Waals surface area contributed by atoms with E-state index in [1.165, 1.54) is 23.1 Å². The van der Waals surface area contributed by atoms with Crippen molar-refractivity contribution in [3.8, 4) is 0 Å². The summed E-state index contributed by atoms with van der Waals surface area (Å²) < 4.78 is 0.745. The van der Waals surface area contributed by atoms with Gasteiger partial charge in [0.1, 0.15) is 9.57 Å². The standard InChI is InChI=1S/C18H22N2O2S2/c1-12-8-13(2)11-19(10-12)18(23)24-15-9-16(21)20(17(15)22)14-6-4-3-5-7-14/h3-7,12-13,15H,8-11H2,1-2H3/t12-,13+,15-/m0/s1. The SMILES string of the molecule is C[C@@H]1C[C@H](C)CN(C(=S)S[C@H]2CC(=O)N(c3ccccc3)C2=O)C1. The maximum absolute atomic E-state index is 12.7. The molecule has 0 aliphatic carbocycles. The number of hydrogen-bond donors (Lipinski definition) is 0. The molecule has 2 amide bonds. The third-order valence-electron chi connectivity index (χ3n) is 4.49. The van der Waals surface area contributed by atoms with Crippen LogP contribution in [-0.2, 0) is 9.59 Å². The van der Waals surface area contributed by atoms with Crippen molar-refractivity contribution in [2.45, 2.75) is 31.9 Å². The lowest BCUT2D eigenvalue weighted by Crippen LogP contribution is -2.41. The van der Waals surface area contributed by atoms with Crippen molar-refractivity contribution in [1.29, 1.82) is 0 Å². The molecule has 0 N–H and O–H groups in total. The Labute approximate surface area is 152 Å². The quantitative estimate of drug-likeness (QED) is 0.596. The average molecular weight is 363 g/mol. The molecule has 3 rings (SSSR count). The topological polar surface area (TPSA) is 40.6 Å². The Morgan fingerprint density at radius 3 is 2.38 bits per heavy atom. The lowest BCUT2D eigenvalue weighted by atomic mass is 9.92. The molecule has 1 aromatic carbocycles. The third kappa shape index (κ3) is 3.64. The van der Waals surface area contributed by atoms with E-state index < -0.39 is 5.25 Å². The molecule has 0 radical (unpaired) electrons. The van der Waals surface area contributed by atoms with Crippen LogP contribution >= 0.6 is 24.0 Å². The van der Waals surface area contributed by atoms with Gasteiger partial charge < -0.3 is 4.90 Å². The largest absolute Gasteiger partial charge is 0.357 e. The average Bonchev–Trinajstić information content (AvgIpc) is 2.81. The fourth-order valence-electron chi connectivity index (χ4n) is 3.55. The molecule has 0 bridgehead atoms. The highest BCUT2D eigenvalue weighted by atomic mass is 32.2. The maximum atomic E-state index is 12.7. The summed E-state index contributed by atoms with van der Waals surface area (Å²) in [5.74, 6) is 0.909. The third-order valence-corrected chi connectivity index (χ3v) is 6.15. The molecule has 2 aliphatic heterocycles. The van der Waals surface area contributed by atoms with E-state index in [4.69, 9.17) is 12.2 Å². The van der Waals surface area contributed by atoms with Gasteiger partial charge in [-0.3, -0.25) is 9.59 Å². The second-order valence-electron chi connectivity index (χ2n) is 6.83. The molecule has 24 heavy (non-hydrogen) atoms. The summed E-state index contributed by atoms with van der Waals surface area (Å²) in [6.07, 6.45) is 1.43. The van der Waals surface area contributed by atoms with E-state index in [1.807, 2.05) is 18.2 Å². The van der Waals surface area contributed by atoms with Crippen molar-refractivity contribution in [2.24, 2.45) is 11.8 Å². The molecule has 0 saturated carbocycles. The number of carbonyl (C=O) groups is 2. The van der Waals surface area contributed by atoms with E-state index >= 15 is 0 Å². The fourth-order valence-corrected chi connectivity index (χ4v) is 5.02. The van der Waals surface area contributed by atoms with Crippen molar-refractivity contribution in [1.82, 2.24) is 4.90 Å². The molecule has 0 unspecified atom stereocenters. The van der Waals surface area contributed by atoms with Crippen molar-refractivity contribution in [3.05, 3.63) is 30.3 Å². The smallest absolute Gasteiger partial charge is 0.247 e. The number of imide groups is 1. The molecular weight excluding hydrogens is 340 g/mol. The van der Waals surface area contributed by atoms with Gasteiger partial charge >= 0.3 is 0 Å². The van der Waals surface area contributed by atoms with E-state index in [-0.39, 0.29) is 18.2 Å². The highest BCUT2D eigenvalue weighted by molar-refractivity contribution is 8.23. The highest BCUT2D eigenvalue weighted by Crippen LogP contribution is 2.32. The van der Waals surface area contributed by atoms with Gasteiger partial charge in [0, 0.05) is 19.5 Å². The van der Waals surface area contributed by atoms with Crippen molar-refractivity contribution >= 4 is 45.8 Å². The first kappa shape index (κ1) is 17.4. The lowest BCUT2D eigenvalue weighted by Gasteiger charge is -2.36. The van der Waals surface area contributed by atoms with E-state index in [9.17, 15) is 9.59 Å². The van der Waals surface area contributed by atoms with Gasteiger partial charge in [0.15, 0.2) is 0 Å². The van der Waals surface area contributed by atoms with E-state index in [0.717, 1.165) is 17.4 Å². The summed E-state index contributed by atoms with van der Waals surface area (Å²) in [5.41, 5.74) is 0.640. The van der Waals surface area contributed by atoms with Gasteiger partial charge in [0.05, 0.1) is 5.69 Å². The Balaban J connectivity index is 1.67. The molecule has 2 saturated heterocycles. The number of hydrogen-bond acceptors (Lipinski definition) is 4. The second kappa shape index (κ2) is 7.23. The molecule has 3 atom stereocenters. The normalized spacial score (nSPS) is 27.7. The van der Waals surface area contributed by atoms with Crippen LogP contribution in [0.15, 0.2) is 30.3 Å². The van der Waals surface area contributed by atoms with Crippen LogP contribution in [-0.4, -0.2) is 39.4 Å². The van der Waals surface area contributed by atoms with Crippen LogP contribution in [0.2, 0.25) is 0 Å². The van der Waals surface area contributed by atoms with Crippen LogP contribution in [0.4, 0.5) is 5.69 Å². The van der Waals surface area contributed by atoms with E-state index in [1.54, 1.807) is 12.1 Å². The van der Waals surface area contributed by atoms with Crippen LogP contribution in [0.3, 0.4) is 0 Å². The Morgan fingerprint density at radius 2 is 1.75 bits per heavy atom. The van der Waals surface area contributed by atoms with Crippen LogP contribution in [0.5, 0.6) is 0 Å². The number of para-hydroxylation sites is 1. The molecule has 1 aromatic rings. The van der Waals surface area contributed by atoms with Gasteiger partial charge in [0.2, 0.25) is 11.8 Å². The fraction of sp³-hybridized carbons (Fsp3) is 0.500. The van der Waals surface area contributed by atoms with Crippen LogP contribution in [0.25, 0.3) is 0 Å². The number of amides is 2. The zero-order chi connectivity index (χ0) is 17.3. The highest BCUT2D eigenvalue weighted by Gasteiger charge is 2.41. The number of piperidine rings is 1. The first-order chi connectivity index (χ1) is 11.5. The Morgan fingerprint density at radius 1 is 1.12 bits per heavy atom. The number of anilines is 1. The van der Waals surface area contributed by atoms with Crippen LogP contribution in [0, 0.1) is 11.8 Å². The zero-order valence-corrected chi connectivity index (χ0v) is 15.6. The van der Waals surface area contributed by atoms with Gasteiger partial charge in [-0.05, 0) is 30.4 Å². The molecule has 4 nitrogen and oxygen atoms in total. The predicted molar refractivity (Wildman–Crippen MR) is 102 cm³/mol. The second-order valence-corrected chi connectivity index (χ2v) is 8.67. The van der Waals surface area contributed by atoms with Gasteiger partial charge in [-0.2, -0.15) is 0 Å². The first-order valence-corrected chi connectivity index (χ1v) is 9.62. The number of carbonyl (C=O) groups excluding carboxylic acids is 2. The van der Waals surface area contributed by atoms with Crippen LogP contribution < -0.4 is 4.90 Å². The van der Waals surface area contributed by atoms with Gasteiger partial charge in [0.25, 0.3) is 0 Å². The number of rotatable bonds is 2. The zero-order valence-electron chi connectivity index (χ0n) is 14.0. The molecule has 2 aliphatic rings. The molecule has 128 valence electrons. The summed E-state index contributed by atoms with van der Waals surface area (Å²) in [6, 6.07) is 9.11. The molecule has 0 aromatic heterocycles. The number of thiocarbonyl (C=S) groups is 1. The first-order valence-electron chi connectivity index (χ1n) is 8.33. The van der Waals surface area contributed by atoms with Crippen molar-refractivity contribution in [2.75, 3.05) is 18.0 Å². The van der Waals surface area contributed by atoms with Gasteiger partial charge in [-0.1, -0.05) is 56.0 Å². The lowest BCUT2D eigenvalue weighted by molar-refractivity contribution is -0.121. The monoisotopic (exact) mass is 362 g/mol. The van der Waals surface area contributed by atoms with Gasteiger partial charge in [-0.15, -0.1) is 0 Å². The molecule has 2 fully saturated rings. The number of benzene rings is 1. The summed E-state index contributed by atoms with van der Waals surface area (Å²) in [5, 5.41) is -0.405. The van der Waals surface area contributed by atoms with E-state index in [2.05, 4.69) is 18.7 Å². The van der Waals surface area contributed by atoms with Gasteiger partial charge in [-0.25, -0.2) is 4.90 Å². The van der Waals surface area contributed by atoms with E-state index in [0.29, 0.717) is 17.5 Å². The number of thioether (sulfide) groups is 1. The number of likely N-dealkylation sites (tertiary alicyclic amines) is 1. The Hall–Kier alpha value is -1.40. The minimum absolute atomic E-state index is 0.146. The van der Waals surface area contributed by atoms with Crippen molar-refractivity contribution < 1.29 is 9.59 Å². The molecule has 6 heteroatoms. The van der Waals surface area contributed by atoms with Crippen molar-refractivity contribution in [3.63, 3.8) is 0 Å². The summed E-state index contributed by atoms with van der Waals surface area (Å²) >= 11 is 6.94. The Kier molecular flexibility index (Phi) is 5.25. The minimum atomic E-state index is -0.405. The summed E-state index contributed by atoms with van der Waals surface area (Å²) in [4.78, 5) is 28.5. The van der Waals surface area contributed by atoms with Crippen LogP contribution in [0.1, 0.15) is 26.7 Å².